The van der Waals surface area contributed by atoms with Gasteiger partial charge in [-0.15, -0.1) is 0 Å². The van der Waals surface area contributed by atoms with Gasteiger partial charge in [0.05, 0.1) is 12.7 Å². The van der Waals surface area contributed by atoms with Crippen molar-refractivity contribution in [1.29, 1.82) is 0 Å². The lowest BCUT2D eigenvalue weighted by atomic mass is 10.2. The molecule has 1 N–H and O–H groups in total. The topological polar surface area (TPSA) is 75.7 Å². The summed E-state index contributed by atoms with van der Waals surface area (Å²) in [7, 11) is -1.52. The minimum absolute atomic E-state index is 0.0653. The fourth-order valence-corrected chi connectivity index (χ4v) is 2.23. The molecule has 2 unspecified atom stereocenters. The van der Waals surface area contributed by atoms with Gasteiger partial charge >= 0.3 is 0 Å². The van der Waals surface area contributed by atoms with Gasteiger partial charge in [0.25, 0.3) is 0 Å². The van der Waals surface area contributed by atoms with Crippen LogP contribution in [0.2, 0.25) is 0 Å². The van der Waals surface area contributed by atoms with Gasteiger partial charge in [-0.05, 0) is 14.0 Å². The van der Waals surface area contributed by atoms with Crippen molar-refractivity contribution in [3.8, 4) is 0 Å². The minimum Gasteiger partial charge on any atom is -0.373 e. The molecule has 1 aliphatic rings. The Kier molecular flexibility index (Phi) is 4.91. The van der Waals surface area contributed by atoms with Crippen LogP contribution in [0.15, 0.2) is 0 Å². The van der Waals surface area contributed by atoms with E-state index in [9.17, 15) is 13.2 Å². The molecule has 0 aromatic heterocycles. The third-order valence-corrected chi connectivity index (χ3v) is 4.36. The molecule has 1 fully saturated rings. The molecule has 6 nitrogen and oxygen atoms in total. The summed E-state index contributed by atoms with van der Waals surface area (Å²) in [5.41, 5.74) is 0. The number of hydrogen-bond donors (Lipinski definition) is 1. The lowest BCUT2D eigenvalue weighted by Gasteiger charge is -2.34. The molecule has 0 aliphatic carbocycles. The molecule has 100 valence electrons. The highest BCUT2D eigenvalue weighted by Crippen LogP contribution is 2.10. The molecule has 0 aromatic carbocycles. The molecular formula is C10H20N2O4S. The minimum atomic E-state index is -3.33. The van der Waals surface area contributed by atoms with E-state index in [-0.39, 0.29) is 12.0 Å². The molecule has 0 radical (unpaired) electrons. The fourth-order valence-electron chi connectivity index (χ4n) is 1.71. The number of ether oxygens (including phenoxy) is 1. The van der Waals surface area contributed by atoms with E-state index >= 15 is 0 Å². The Hall–Kier alpha value is -0.660. The Morgan fingerprint density at radius 1 is 1.59 bits per heavy atom. The summed E-state index contributed by atoms with van der Waals surface area (Å²) in [5, 5.41) is 2.00. The molecule has 1 aliphatic heterocycles. The van der Waals surface area contributed by atoms with Crippen LogP contribution in [-0.2, 0) is 19.4 Å². The number of hydrogen-bond acceptors (Lipinski definition) is 5. The Morgan fingerprint density at radius 2 is 2.24 bits per heavy atom. The smallest absolute Gasteiger partial charge is 0.240 e. The van der Waals surface area contributed by atoms with Crippen LogP contribution in [-0.4, -0.2) is 70.1 Å². The number of carbonyl (C=O) groups is 1. The predicted octanol–water partition coefficient (Wildman–Crippen LogP) is -1.13. The van der Waals surface area contributed by atoms with Crippen LogP contribution in [0.4, 0.5) is 0 Å². The van der Waals surface area contributed by atoms with E-state index in [0.29, 0.717) is 26.2 Å². The molecule has 0 saturated carbocycles. The second-order valence-electron chi connectivity index (χ2n) is 4.31. The van der Waals surface area contributed by atoms with Crippen LogP contribution in [0.1, 0.15) is 6.92 Å². The number of morpholine rings is 1. The number of carbonyl (C=O) groups excluding carboxylic acids is 1. The van der Waals surface area contributed by atoms with Gasteiger partial charge < -0.3 is 15.0 Å². The van der Waals surface area contributed by atoms with Crippen LogP contribution in [0.3, 0.4) is 0 Å². The van der Waals surface area contributed by atoms with Gasteiger partial charge in [0, 0.05) is 25.9 Å². The molecular weight excluding hydrogens is 244 g/mol. The number of sulfone groups is 1. The Morgan fingerprint density at radius 3 is 2.76 bits per heavy atom. The number of likely N-dealkylation sites (N-methyl/N-ethyl adjacent to an activating group) is 1. The Balaban J connectivity index is 2.63. The predicted molar refractivity (Wildman–Crippen MR) is 64.6 cm³/mol. The van der Waals surface area contributed by atoms with Gasteiger partial charge in [-0.25, -0.2) is 8.42 Å². The van der Waals surface area contributed by atoms with Gasteiger partial charge in [0.15, 0.2) is 9.84 Å². The molecule has 0 spiro atoms. The highest BCUT2D eigenvalue weighted by molar-refractivity contribution is 7.92. The van der Waals surface area contributed by atoms with Crippen LogP contribution in [0, 0.1) is 0 Å². The summed E-state index contributed by atoms with van der Waals surface area (Å²) in [6, 6.07) is 0. The highest BCUT2D eigenvalue weighted by Gasteiger charge is 2.31. The van der Waals surface area contributed by atoms with E-state index in [1.165, 1.54) is 6.92 Å². The van der Waals surface area contributed by atoms with Crippen molar-refractivity contribution in [3.63, 3.8) is 0 Å². The monoisotopic (exact) mass is 264 g/mol. The molecule has 1 rings (SSSR count). The number of nitrogens with zero attached hydrogens (tertiary/aromatic N) is 1. The van der Waals surface area contributed by atoms with Gasteiger partial charge in [-0.3, -0.25) is 4.79 Å². The summed E-state index contributed by atoms with van der Waals surface area (Å²) in [4.78, 5) is 13.5. The van der Waals surface area contributed by atoms with Gasteiger partial charge in [-0.1, -0.05) is 0 Å². The Bertz CT molecular complexity index is 367. The third kappa shape index (κ3) is 3.93. The van der Waals surface area contributed by atoms with Crippen molar-refractivity contribution in [2.24, 2.45) is 0 Å². The average Bonchev–Trinajstić information content (AvgIpc) is 2.27. The first-order valence-electron chi connectivity index (χ1n) is 5.60. The molecule has 0 bridgehead atoms. The first-order chi connectivity index (χ1) is 7.86. The van der Waals surface area contributed by atoms with Crippen molar-refractivity contribution < 1.29 is 17.9 Å². The van der Waals surface area contributed by atoms with E-state index in [1.54, 1.807) is 4.90 Å². The van der Waals surface area contributed by atoms with E-state index in [2.05, 4.69) is 5.32 Å². The zero-order chi connectivity index (χ0) is 13.1. The van der Waals surface area contributed by atoms with Gasteiger partial charge in [0.2, 0.25) is 5.91 Å². The SMILES string of the molecule is CNCC1CN(C(=O)C(C)S(C)(=O)=O)CCO1. The molecule has 7 heteroatoms. The standard InChI is InChI=1S/C10H20N2O4S/c1-8(17(3,14)15)10(13)12-4-5-16-9(7-12)6-11-2/h8-9,11H,4-7H2,1-3H3. The first-order valence-corrected chi connectivity index (χ1v) is 7.55. The van der Waals surface area contributed by atoms with Crippen molar-refractivity contribution in [2.75, 3.05) is 39.5 Å². The van der Waals surface area contributed by atoms with E-state index in [1.807, 2.05) is 7.05 Å². The molecule has 0 aromatic rings. The largest absolute Gasteiger partial charge is 0.373 e. The van der Waals surface area contributed by atoms with Crippen molar-refractivity contribution in [1.82, 2.24) is 10.2 Å². The van der Waals surface area contributed by atoms with Crippen LogP contribution >= 0.6 is 0 Å². The van der Waals surface area contributed by atoms with Crippen LogP contribution in [0.25, 0.3) is 0 Å². The number of rotatable bonds is 4. The summed E-state index contributed by atoms with van der Waals surface area (Å²) >= 11 is 0. The maximum atomic E-state index is 12.0. The number of nitrogens with one attached hydrogen (secondary N) is 1. The van der Waals surface area contributed by atoms with E-state index < -0.39 is 15.1 Å². The fraction of sp³-hybridized carbons (Fsp3) is 0.900. The zero-order valence-corrected chi connectivity index (χ0v) is 11.3. The summed E-state index contributed by atoms with van der Waals surface area (Å²) in [5.74, 6) is -0.336. The average molecular weight is 264 g/mol. The zero-order valence-electron chi connectivity index (χ0n) is 10.5. The lowest BCUT2D eigenvalue weighted by molar-refractivity contribution is -0.137. The van der Waals surface area contributed by atoms with Crippen molar-refractivity contribution >= 4 is 15.7 Å². The van der Waals surface area contributed by atoms with Crippen molar-refractivity contribution in [3.05, 3.63) is 0 Å². The van der Waals surface area contributed by atoms with Crippen LogP contribution in [0.5, 0.6) is 0 Å². The normalized spacial score (nSPS) is 23.5. The van der Waals surface area contributed by atoms with E-state index in [4.69, 9.17) is 4.74 Å². The molecule has 17 heavy (non-hydrogen) atoms. The maximum Gasteiger partial charge on any atom is 0.240 e. The Labute approximate surface area is 102 Å². The van der Waals surface area contributed by atoms with Crippen LogP contribution < -0.4 is 5.32 Å². The van der Waals surface area contributed by atoms with Gasteiger partial charge in [0.1, 0.15) is 5.25 Å². The first kappa shape index (κ1) is 14.4. The molecule has 1 heterocycles. The second-order valence-corrected chi connectivity index (χ2v) is 6.67. The molecule has 1 amide bonds. The summed E-state index contributed by atoms with van der Waals surface area (Å²) in [6.45, 7) is 3.43. The highest BCUT2D eigenvalue weighted by atomic mass is 32.2. The lowest BCUT2D eigenvalue weighted by Crippen LogP contribution is -2.52. The number of amides is 1. The summed E-state index contributed by atoms with van der Waals surface area (Å²) in [6.07, 6.45) is 1.02. The second kappa shape index (κ2) is 5.79. The quantitative estimate of drug-likeness (QED) is 0.695. The van der Waals surface area contributed by atoms with E-state index in [0.717, 1.165) is 6.26 Å². The molecule has 1 saturated heterocycles. The summed E-state index contributed by atoms with van der Waals surface area (Å²) < 4.78 is 28.1. The van der Waals surface area contributed by atoms with Gasteiger partial charge in [-0.2, -0.15) is 0 Å². The molecule has 2 atom stereocenters. The van der Waals surface area contributed by atoms with Crippen molar-refractivity contribution in [2.45, 2.75) is 18.3 Å². The third-order valence-electron chi connectivity index (χ3n) is 2.87. The maximum absolute atomic E-state index is 12.0.